The Kier molecular flexibility index (Phi) is 12.2. The number of hydrogen-bond donors (Lipinski definition) is 3. The van der Waals surface area contributed by atoms with E-state index in [0.29, 0.717) is 64.5 Å². The number of piperidine rings is 1. The Morgan fingerprint density at radius 3 is 1.50 bits per heavy atom. The molecule has 0 radical (unpaired) electrons. The predicted molar refractivity (Wildman–Crippen MR) is 260 cm³/mol. The lowest BCUT2D eigenvalue weighted by atomic mass is 9.94. The molecule has 1 aliphatic heterocycles. The van der Waals surface area contributed by atoms with Crippen molar-refractivity contribution in [2.75, 3.05) is 23.7 Å². The van der Waals surface area contributed by atoms with Gasteiger partial charge in [0.25, 0.3) is 0 Å². The van der Waals surface area contributed by atoms with Gasteiger partial charge in [-0.1, -0.05) is 25.7 Å². The number of halogens is 2. The SMILES string of the molecule is Fc1ccc(-c2nc3nc(-c4ccncc4)ccc3n2-c2ccnc(NC3CCCC3)n2)cc1.Fc1ccc(-c2nc3nc(C4CCNCC4)ccc3n2-c2ccnc(NC3CCCC3)n2)cc1. The van der Waals surface area contributed by atoms with E-state index in [1.807, 2.05) is 45.5 Å². The molecule has 0 atom stereocenters. The summed E-state index contributed by atoms with van der Waals surface area (Å²) < 4.78 is 31.3. The van der Waals surface area contributed by atoms with Crippen LogP contribution in [0.2, 0.25) is 0 Å². The maximum Gasteiger partial charge on any atom is 0.224 e. The highest BCUT2D eigenvalue weighted by atomic mass is 19.1. The summed E-state index contributed by atoms with van der Waals surface area (Å²) in [5.74, 6) is 3.80. The average Bonchev–Trinajstić information content (AvgIpc) is 4.23. The van der Waals surface area contributed by atoms with Crippen LogP contribution in [0.5, 0.6) is 0 Å². The monoisotopic (exact) mass is 908 g/mol. The first-order valence-corrected chi connectivity index (χ1v) is 23.6. The van der Waals surface area contributed by atoms with Crippen LogP contribution in [0.3, 0.4) is 0 Å². The first-order valence-electron chi connectivity index (χ1n) is 23.6. The fourth-order valence-corrected chi connectivity index (χ4v) is 9.61. The number of rotatable bonds is 10. The van der Waals surface area contributed by atoms with Crippen LogP contribution >= 0.6 is 0 Å². The third kappa shape index (κ3) is 9.23. The molecule has 14 nitrogen and oxygen atoms in total. The van der Waals surface area contributed by atoms with Crippen LogP contribution in [-0.2, 0) is 0 Å². The summed E-state index contributed by atoms with van der Waals surface area (Å²) in [6, 6.07) is 29.3. The van der Waals surface area contributed by atoms with Crippen LogP contribution in [0.4, 0.5) is 20.7 Å². The molecule has 12 rings (SSSR count). The van der Waals surface area contributed by atoms with Gasteiger partial charge in [-0.05, 0) is 149 Å². The number of nitrogens with one attached hydrogen (secondary N) is 3. The molecule has 2 aliphatic carbocycles. The number of aromatic nitrogens is 11. The van der Waals surface area contributed by atoms with Crippen molar-refractivity contribution in [3.05, 3.63) is 139 Å². The normalized spacial score (nSPS) is 15.7. The van der Waals surface area contributed by atoms with Gasteiger partial charge in [-0.15, -0.1) is 0 Å². The van der Waals surface area contributed by atoms with Gasteiger partial charge in [0, 0.05) is 65.2 Å². The largest absolute Gasteiger partial charge is 0.351 e. The van der Waals surface area contributed by atoms with Crippen LogP contribution < -0.4 is 16.0 Å². The summed E-state index contributed by atoms with van der Waals surface area (Å²) in [6.45, 7) is 2.02. The van der Waals surface area contributed by atoms with Gasteiger partial charge in [-0.25, -0.2) is 38.7 Å². The third-order valence-corrected chi connectivity index (χ3v) is 13.1. The van der Waals surface area contributed by atoms with E-state index in [2.05, 4.69) is 43.0 Å². The van der Waals surface area contributed by atoms with Crippen LogP contribution in [0.25, 0.3) is 68.0 Å². The molecule has 3 fully saturated rings. The molecule has 8 heterocycles. The van der Waals surface area contributed by atoms with Gasteiger partial charge in [0.05, 0.1) is 16.7 Å². The molecule has 7 aromatic heterocycles. The van der Waals surface area contributed by atoms with E-state index in [0.717, 1.165) is 90.7 Å². The molecule has 0 bridgehead atoms. The van der Waals surface area contributed by atoms with Crippen molar-refractivity contribution in [1.29, 1.82) is 0 Å². The van der Waals surface area contributed by atoms with Crippen LogP contribution in [0, 0.1) is 11.6 Å². The van der Waals surface area contributed by atoms with Crippen LogP contribution in [-0.4, -0.2) is 79.2 Å². The summed E-state index contributed by atoms with van der Waals surface area (Å²) in [5.41, 5.74) is 7.37. The van der Waals surface area contributed by atoms with E-state index in [-0.39, 0.29) is 11.6 Å². The smallest absolute Gasteiger partial charge is 0.224 e. The molecule has 3 aliphatic rings. The van der Waals surface area contributed by atoms with Crippen molar-refractivity contribution < 1.29 is 8.78 Å². The van der Waals surface area contributed by atoms with E-state index < -0.39 is 0 Å². The third-order valence-electron chi connectivity index (χ3n) is 13.1. The number of hydrogen-bond acceptors (Lipinski definition) is 12. The Hall–Kier alpha value is -7.59. The number of anilines is 2. The van der Waals surface area contributed by atoms with Crippen molar-refractivity contribution in [3.63, 3.8) is 0 Å². The molecule has 0 unspecified atom stereocenters. The number of imidazole rings is 2. The molecule has 0 spiro atoms. The molecule has 1 saturated heterocycles. The molecule has 2 saturated carbocycles. The van der Waals surface area contributed by atoms with Gasteiger partial charge < -0.3 is 16.0 Å². The van der Waals surface area contributed by atoms with E-state index in [4.69, 9.17) is 29.9 Å². The van der Waals surface area contributed by atoms with Crippen molar-refractivity contribution in [2.45, 2.75) is 82.2 Å². The number of fused-ring (bicyclic) bond motifs is 2. The minimum Gasteiger partial charge on any atom is -0.351 e. The first kappa shape index (κ1) is 43.0. The molecule has 342 valence electrons. The number of benzene rings is 2. The van der Waals surface area contributed by atoms with Crippen LogP contribution in [0.1, 0.15) is 75.8 Å². The Balaban J connectivity index is 0.000000149. The van der Waals surface area contributed by atoms with E-state index in [9.17, 15) is 8.78 Å². The summed E-state index contributed by atoms with van der Waals surface area (Å²) in [6.07, 6.45) is 18.6. The molecular formula is C52H50F2N14. The van der Waals surface area contributed by atoms with Gasteiger partial charge in [0.15, 0.2) is 11.3 Å². The second-order valence-electron chi connectivity index (χ2n) is 17.7. The number of nitrogens with zero attached hydrogens (tertiary/aromatic N) is 11. The summed E-state index contributed by atoms with van der Waals surface area (Å²) in [4.78, 5) is 42.1. The van der Waals surface area contributed by atoms with Gasteiger partial charge in [0.1, 0.15) is 34.9 Å². The van der Waals surface area contributed by atoms with E-state index >= 15 is 0 Å². The lowest BCUT2D eigenvalue weighted by Crippen LogP contribution is -2.27. The molecule has 68 heavy (non-hydrogen) atoms. The topological polar surface area (TPSA) is 162 Å². The molecule has 9 aromatic rings. The minimum atomic E-state index is -0.297. The highest BCUT2D eigenvalue weighted by Crippen LogP contribution is 2.33. The summed E-state index contributed by atoms with van der Waals surface area (Å²) in [5, 5.41) is 10.4. The van der Waals surface area contributed by atoms with Gasteiger partial charge >= 0.3 is 0 Å². The van der Waals surface area contributed by atoms with Crippen molar-refractivity contribution in [3.8, 4) is 45.7 Å². The standard InChI is InChI=1S/C26H28FN7.C26H22FN7/c2*27-19-7-5-18(6-8-19)25-33-24-22(10-9-21(31-24)17-11-14-28-15-12-17)34(25)23-13-16-29-26(32-23)30-20-3-1-2-4-20/h5-10,13,16-17,20,28H,1-4,11-12,14-15H2,(H,29,30,32);5-16,20H,1-4H2,(H,29,30,32). The second-order valence-corrected chi connectivity index (χ2v) is 17.7. The fourth-order valence-electron chi connectivity index (χ4n) is 9.61. The zero-order valence-electron chi connectivity index (χ0n) is 37.4. The Bertz CT molecular complexity index is 3160. The zero-order chi connectivity index (χ0) is 45.8. The maximum atomic E-state index is 13.7. The Morgan fingerprint density at radius 1 is 0.471 bits per heavy atom. The highest BCUT2D eigenvalue weighted by molar-refractivity contribution is 5.83. The number of pyridine rings is 3. The quantitative estimate of drug-likeness (QED) is 0.119. The fraction of sp³-hybridized carbons (Fsp3) is 0.288. The van der Waals surface area contributed by atoms with Gasteiger partial charge in [0.2, 0.25) is 11.9 Å². The Morgan fingerprint density at radius 2 is 0.971 bits per heavy atom. The van der Waals surface area contributed by atoms with Crippen LogP contribution in [0.15, 0.2) is 122 Å². The second kappa shape index (κ2) is 19.3. The summed E-state index contributed by atoms with van der Waals surface area (Å²) >= 11 is 0. The molecule has 16 heteroatoms. The average molecular weight is 909 g/mol. The zero-order valence-corrected chi connectivity index (χ0v) is 37.4. The van der Waals surface area contributed by atoms with Crippen molar-refractivity contribution in [2.24, 2.45) is 0 Å². The molecule has 0 amide bonds. The molecule has 3 N–H and O–H groups in total. The van der Waals surface area contributed by atoms with E-state index in [1.165, 1.54) is 49.9 Å². The van der Waals surface area contributed by atoms with E-state index in [1.54, 1.807) is 49.1 Å². The molecular weight excluding hydrogens is 859 g/mol. The lowest BCUT2D eigenvalue weighted by Gasteiger charge is -2.21. The Labute approximate surface area is 391 Å². The highest BCUT2D eigenvalue weighted by Gasteiger charge is 2.23. The predicted octanol–water partition coefficient (Wildman–Crippen LogP) is 10.3. The first-order chi connectivity index (χ1) is 33.5. The summed E-state index contributed by atoms with van der Waals surface area (Å²) in [7, 11) is 0. The van der Waals surface area contributed by atoms with Gasteiger partial charge in [-0.3, -0.25) is 14.1 Å². The lowest BCUT2D eigenvalue weighted by molar-refractivity contribution is 0.454. The molecule has 2 aromatic carbocycles. The minimum absolute atomic E-state index is 0.275. The van der Waals surface area contributed by atoms with Gasteiger partial charge in [-0.2, -0.15) is 9.97 Å². The maximum absolute atomic E-state index is 13.7. The van der Waals surface area contributed by atoms with Crippen molar-refractivity contribution in [1.82, 2.24) is 59.3 Å². The van der Waals surface area contributed by atoms with Crippen molar-refractivity contribution >= 4 is 34.2 Å².